The molecule has 1 heterocycles. The first-order valence-corrected chi connectivity index (χ1v) is 7.36. The van der Waals surface area contributed by atoms with Crippen LogP contribution in [0.5, 0.6) is 0 Å². The van der Waals surface area contributed by atoms with Crippen molar-refractivity contribution in [3.8, 4) is 0 Å². The van der Waals surface area contributed by atoms with Gasteiger partial charge in [0.05, 0.1) is 13.2 Å². The molecule has 1 aromatic carbocycles. The van der Waals surface area contributed by atoms with Crippen LogP contribution in [0.25, 0.3) is 0 Å². The maximum atomic E-state index is 9.21. The van der Waals surface area contributed by atoms with Crippen LogP contribution in [0.2, 0.25) is 0 Å². The summed E-state index contributed by atoms with van der Waals surface area (Å²) in [6.07, 6.45) is 0.797. The molecule has 2 rings (SSSR count). The number of aromatic nitrogens is 2. The minimum absolute atomic E-state index is 0.115. The Hall–Kier alpha value is -1.72. The molecule has 0 aliphatic heterocycles. The Balaban J connectivity index is 1.97. The van der Waals surface area contributed by atoms with Gasteiger partial charge in [-0.05, 0) is 11.5 Å². The fourth-order valence-corrected chi connectivity index (χ4v) is 2.18. The summed E-state index contributed by atoms with van der Waals surface area (Å²) in [7, 11) is 0. The molecule has 0 atom stereocenters. The molecule has 1 N–H and O–H groups in total. The van der Waals surface area contributed by atoms with Crippen molar-refractivity contribution in [1.82, 2.24) is 15.0 Å². The van der Waals surface area contributed by atoms with Crippen molar-refractivity contribution >= 4 is 0 Å². The maximum absolute atomic E-state index is 9.21. The molecule has 0 saturated heterocycles. The van der Waals surface area contributed by atoms with Crippen LogP contribution in [0.15, 0.2) is 34.9 Å². The SMILES string of the molecule is CC(C)Cc1nc(CN(CCO)Cc2ccccc2)no1. The summed E-state index contributed by atoms with van der Waals surface area (Å²) in [6.45, 7) is 6.29. The Morgan fingerprint density at radius 1 is 1.19 bits per heavy atom. The van der Waals surface area contributed by atoms with Gasteiger partial charge in [-0.25, -0.2) is 0 Å². The van der Waals surface area contributed by atoms with E-state index >= 15 is 0 Å². The lowest BCUT2D eigenvalue weighted by atomic mass is 10.1. The minimum Gasteiger partial charge on any atom is -0.395 e. The highest BCUT2D eigenvalue weighted by molar-refractivity contribution is 5.14. The summed E-state index contributed by atoms with van der Waals surface area (Å²) in [6, 6.07) is 10.2. The highest BCUT2D eigenvalue weighted by Gasteiger charge is 2.12. The standard InChI is InChI=1S/C16H23N3O2/c1-13(2)10-16-17-15(18-21-16)12-19(8-9-20)11-14-6-4-3-5-7-14/h3-7,13,20H,8-12H2,1-2H3. The third kappa shape index (κ3) is 5.28. The summed E-state index contributed by atoms with van der Waals surface area (Å²) in [5.41, 5.74) is 1.21. The zero-order valence-electron chi connectivity index (χ0n) is 12.7. The van der Waals surface area contributed by atoms with Crippen molar-refractivity contribution in [3.05, 3.63) is 47.6 Å². The molecular formula is C16H23N3O2. The van der Waals surface area contributed by atoms with Gasteiger partial charge in [-0.1, -0.05) is 49.3 Å². The predicted molar refractivity (Wildman–Crippen MR) is 80.5 cm³/mol. The van der Waals surface area contributed by atoms with Crippen LogP contribution in [0.3, 0.4) is 0 Å². The van der Waals surface area contributed by atoms with E-state index in [1.54, 1.807) is 0 Å². The lowest BCUT2D eigenvalue weighted by Crippen LogP contribution is -2.26. The van der Waals surface area contributed by atoms with Gasteiger partial charge in [0.1, 0.15) is 0 Å². The molecule has 0 aliphatic rings. The first-order valence-electron chi connectivity index (χ1n) is 7.36. The van der Waals surface area contributed by atoms with Crippen molar-refractivity contribution in [2.24, 2.45) is 5.92 Å². The molecule has 1 aromatic heterocycles. The molecule has 0 aliphatic carbocycles. The van der Waals surface area contributed by atoms with Gasteiger partial charge in [0.2, 0.25) is 5.89 Å². The first kappa shape index (κ1) is 15.7. The van der Waals surface area contributed by atoms with E-state index in [-0.39, 0.29) is 6.61 Å². The molecule has 0 fully saturated rings. The van der Waals surface area contributed by atoms with Gasteiger partial charge in [-0.3, -0.25) is 4.90 Å². The lowest BCUT2D eigenvalue weighted by molar-refractivity contribution is 0.179. The Morgan fingerprint density at radius 2 is 1.95 bits per heavy atom. The quantitative estimate of drug-likeness (QED) is 0.807. The minimum atomic E-state index is 0.115. The van der Waals surface area contributed by atoms with E-state index in [2.05, 4.69) is 41.0 Å². The van der Waals surface area contributed by atoms with Crippen molar-refractivity contribution < 1.29 is 9.63 Å². The van der Waals surface area contributed by atoms with Crippen LogP contribution in [0.4, 0.5) is 0 Å². The van der Waals surface area contributed by atoms with Gasteiger partial charge in [0.15, 0.2) is 5.82 Å². The van der Waals surface area contributed by atoms with Gasteiger partial charge in [0.25, 0.3) is 0 Å². The molecule has 0 saturated carbocycles. The Morgan fingerprint density at radius 3 is 2.62 bits per heavy atom. The number of aliphatic hydroxyl groups is 1. The second kappa shape index (κ2) is 7.90. The van der Waals surface area contributed by atoms with E-state index in [1.165, 1.54) is 5.56 Å². The smallest absolute Gasteiger partial charge is 0.226 e. The molecule has 0 amide bonds. The average molecular weight is 289 g/mol. The van der Waals surface area contributed by atoms with Crippen molar-refractivity contribution in [2.75, 3.05) is 13.2 Å². The van der Waals surface area contributed by atoms with E-state index in [1.807, 2.05) is 18.2 Å². The summed E-state index contributed by atoms with van der Waals surface area (Å²) < 4.78 is 5.25. The number of rotatable bonds is 8. The molecule has 0 bridgehead atoms. The molecule has 0 unspecified atom stereocenters. The van der Waals surface area contributed by atoms with E-state index in [0.717, 1.165) is 13.0 Å². The number of benzene rings is 1. The lowest BCUT2D eigenvalue weighted by Gasteiger charge is -2.19. The Bertz CT molecular complexity index is 525. The monoisotopic (exact) mass is 289 g/mol. The second-order valence-corrected chi connectivity index (χ2v) is 5.62. The van der Waals surface area contributed by atoms with Crippen LogP contribution in [0, 0.1) is 5.92 Å². The van der Waals surface area contributed by atoms with Crippen LogP contribution >= 0.6 is 0 Å². The zero-order valence-corrected chi connectivity index (χ0v) is 12.7. The number of nitrogens with zero attached hydrogens (tertiary/aromatic N) is 3. The Labute approximate surface area is 125 Å². The molecule has 21 heavy (non-hydrogen) atoms. The molecule has 5 nitrogen and oxygen atoms in total. The molecule has 114 valence electrons. The van der Waals surface area contributed by atoms with E-state index in [0.29, 0.717) is 30.7 Å². The van der Waals surface area contributed by atoms with Gasteiger partial charge in [0, 0.05) is 19.5 Å². The molecule has 5 heteroatoms. The summed E-state index contributed by atoms with van der Waals surface area (Å²) >= 11 is 0. The third-order valence-electron chi connectivity index (χ3n) is 3.12. The topological polar surface area (TPSA) is 62.4 Å². The summed E-state index contributed by atoms with van der Waals surface area (Å²) in [4.78, 5) is 6.52. The molecule has 0 radical (unpaired) electrons. The van der Waals surface area contributed by atoms with Crippen LogP contribution in [0.1, 0.15) is 31.1 Å². The molecule has 0 spiro atoms. The third-order valence-corrected chi connectivity index (χ3v) is 3.12. The van der Waals surface area contributed by atoms with Gasteiger partial charge >= 0.3 is 0 Å². The largest absolute Gasteiger partial charge is 0.395 e. The highest BCUT2D eigenvalue weighted by atomic mass is 16.5. The fraction of sp³-hybridized carbons (Fsp3) is 0.500. The van der Waals surface area contributed by atoms with Crippen molar-refractivity contribution in [3.63, 3.8) is 0 Å². The number of aliphatic hydroxyl groups excluding tert-OH is 1. The normalized spacial score (nSPS) is 11.5. The van der Waals surface area contributed by atoms with Crippen LogP contribution < -0.4 is 0 Å². The van der Waals surface area contributed by atoms with Gasteiger partial charge in [-0.2, -0.15) is 4.98 Å². The zero-order chi connectivity index (χ0) is 15.1. The number of hydrogen-bond acceptors (Lipinski definition) is 5. The molecular weight excluding hydrogens is 266 g/mol. The first-order chi connectivity index (χ1) is 10.2. The van der Waals surface area contributed by atoms with Crippen LogP contribution in [-0.2, 0) is 19.5 Å². The second-order valence-electron chi connectivity index (χ2n) is 5.62. The maximum Gasteiger partial charge on any atom is 0.226 e. The van der Waals surface area contributed by atoms with Crippen molar-refractivity contribution in [2.45, 2.75) is 33.4 Å². The summed E-state index contributed by atoms with van der Waals surface area (Å²) in [5.74, 6) is 1.86. The highest BCUT2D eigenvalue weighted by Crippen LogP contribution is 2.10. The van der Waals surface area contributed by atoms with Gasteiger partial charge < -0.3 is 9.63 Å². The molecule has 2 aromatic rings. The predicted octanol–water partition coefficient (Wildman–Crippen LogP) is 2.26. The average Bonchev–Trinajstić information content (AvgIpc) is 2.86. The number of hydrogen-bond donors (Lipinski definition) is 1. The van der Waals surface area contributed by atoms with Crippen LogP contribution in [-0.4, -0.2) is 33.3 Å². The van der Waals surface area contributed by atoms with Crippen molar-refractivity contribution in [1.29, 1.82) is 0 Å². The summed E-state index contributed by atoms with van der Waals surface area (Å²) in [5, 5.41) is 13.2. The fourth-order valence-electron chi connectivity index (χ4n) is 2.18. The van der Waals surface area contributed by atoms with E-state index < -0.39 is 0 Å². The van der Waals surface area contributed by atoms with E-state index in [4.69, 9.17) is 4.52 Å². The van der Waals surface area contributed by atoms with Gasteiger partial charge in [-0.15, -0.1) is 0 Å². The Kier molecular flexibility index (Phi) is 5.90. The van der Waals surface area contributed by atoms with E-state index in [9.17, 15) is 5.11 Å².